The molecule has 1 aliphatic rings. The van der Waals surface area contributed by atoms with E-state index in [9.17, 15) is 9.90 Å². The number of hydrogen-bond donors (Lipinski definition) is 3. The predicted octanol–water partition coefficient (Wildman–Crippen LogP) is 2.23. The highest BCUT2D eigenvalue weighted by molar-refractivity contribution is 5.88. The number of hydrogen-bond acceptors (Lipinski definition) is 3. The number of aromatic nitrogens is 1. The van der Waals surface area contributed by atoms with Crippen LogP contribution in [0.1, 0.15) is 31.1 Å². The van der Waals surface area contributed by atoms with Gasteiger partial charge in [-0.1, -0.05) is 0 Å². The normalized spacial score (nSPS) is 21.7. The zero-order valence-corrected chi connectivity index (χ0v) is 11.6. The number of fused-ring (bicyclic) bond motifs is 3. The Hall–Kier alpha value is -2.01. The average Bonchev–Trinajstić information content (AvgIpc) is 2.78. The molecule has 2 unspecified atom stereocenters. The fraction of sp³-hybridized carbons (Fsp3) is 0.400. The summed E-state index contributed by atoms with van der Waals surface area (Å²) in [6, 6.07) is 5.38. The number of H-pyrrole nitrogens is 1. The van der Waals surface area contributed by atoms with Crippen LogP contribution in [0.2, 0.25) is 0 Å². The van der Waals surface area contributed by atoms with Gasteiger partial charge in [-0.05, 0) is 37.6 Å². The lowest BCUT2D eigenvalue weighted by Crippen LogP contribution is -2.43. The molecule has 0 aliphatic carbocycles. The van der Waals surface area contributed by atoms with Crippen molar-refractivity contribution >= 4 is 16.9 Å². The fourth-order valence-electron chi connectivity index (χ4n) is 2.90. The molecule has 106 valence electrons. The Labute approximate surface area is 116 Å². The Morgan fingerprint density at radius 3 is 3.00 bits per heavy atom. The summed E-state index contributed by atoms with van der Waals surface area (Å²) < 4.78 is 5.53. The maximum Gasteiger partial charge on any atom is 0.321 e. The third kappa shape index (κ3) is 2.04. The largest absolute Gasteiger partial charge is 0.494 e. The molecule has 1 aromatic heterocycles. The second-order valence-corrected chi connectivity index (χ2v) is 5.14. The molecule has 0 radical (unpaired) electrons. The van der Waals surface area contributed by atoms with Crippen molar-refractivity contribution in [2.45, 2.75) is 32.4 Å². The van der Waals surface area contributed by atoms with E-state index in [4.69, 9.17) is 4.74 Å². The van der Waals surface area contributed by atoms with Gasteiger partial charge in [0.1, 0.15) is 11.8 Å². The van der Waals surface area contributed by atoms with Gasteiger partial charge in [-0.2, -0.15) is 0 Å². The number of benzene rings is 1. The zero-order chi connectivity index (χ0) is 14.3. The number of carboxylic acid groups (broad SMARTS) is 1. The van der Waals surface area contributed by atoms with Crippen molar-refractivity contribution in [3.05, 3.63) is 29.5 Å². The number of aromatic amines is 1. The van der Waals surface area contributed by atoms with Crippen LogP contribution in [0.3, 0.4) is 0 Å². The Bertz CT molecular complexity index is 662. The van der Waals surface area contributed by atoms with E-state index in [-0.39, 0.29) is 6.04 Å². The first-order chi connectivity index (χ1) is 9.60. The molecule has 3 N–H and O–H groups in total. The zero-order valence-electron chi connectivity index (χ0n) is 11.6. The van der Waals surface area contributed by atoms with Crippen molar-refractivity contribution < 1.29 is 14.6 Å². The molecule has 0 fully saturated rings. The van der Waals surface area contributed by atoms with Crippen molar-refractivity contribution in [3.63, 3.8) is 0 Å². The van der Waals surface area contributed by atoms with E-state index in [0.717, 1.165) is 27.9 Å². The first kappa shape index (κ1) is 13.0. The quantitative estimate of drug-likeness (QED) is 0.802. The van der Waals surface area contributed by atoms with Crippen molar-refractivity contribution in [1.29, 1.82) is 0 Å². The monoisotopic (exact) mass is 274 g/mol. The summed E-state index contributed by atoms with van der Waals surface area (Å²) in [5.41, 5.74) is 3.18. The summed E-state index contributed by atoms with van der Waals surface area (Å²) >= 11 is 0. The maximum atomic E-state index is 11.2. The minimum absolute atomic E-state index is 0.00259. The molecule has 20 heavy (non-hydrogen) atoms. The minimum atomic E-state index is -0.808. The summed E-state index contributed by atoms with van der Waals surface area (Å²) in [5.74, 6) is 0.0117. The topological polar surface area (TPSA) is 74.4 Å². The molecular weight excluding hydrogens is 256 g/mol. The van der Waals surface area contributed by atoms with Crippen molar-refractivity contribution in [1.82, 2.24) is 10.3 Å². The molecule has 2 atom stereocenters. The van der Waals surface area contributed by atoms with E-state index in [2.05, 4.69) is 10.3 Å². The minimum Gasteiger partial charge on any atom is -0.494 e. The van der Waals surface area contributed by atoms with Crippen molar-refractivity contribution in [3.8, 4) is 5.75 Å². The third-order valence-corrected chi connectivity index (χ3v) is 3.81. The molecule has 1 aliphatic heterocycles. The van der Waals surface area contributed by atoms with Gasteiger partial charge >= 0.3 is 5.97 Å². The predicted molar refractivity (Wildman–Crippen MR) is 76.1 cm³/mol. The van der Waals surface area contributed by atoms with Gasteiger partial charge in [-0.3, -0.25) is 10.1 Å². The van der Waals surface area contributed by atoms with E-state index in [1.807, 2.05) is 32.0 Å². The molecule has 0 spiro atoms. The summed E-state index contributed by atoms with van der Waals surface area (Å²) in [7, 11) is 0. The molecule has 3 rings (SSSR count). The van der Waals surface area contributed by atoms with Gasteiger partial charge in [0.15, 0.2) is 0 Å². The number of carbonyl (C=O) groups is 1. The van der Waals surface area contributed by atoms with Gasteiger partial charge in [-0.15, -0.1) is 0 Å². The Balaban J connectivity index is 2.10. The maximum absolute atomic E-state index is 11.2. The highest BCUT2D eigenvalue weighted by Crippen LogP contribution is 2.33. The van der Waals surface area contributed by atoms with Crippen LogP contribution in [0.15, 0.2) is 18.2 Å². The Morgan fingerprint density at radius 1 is 1.50 bits per heavy atom. The molecule has 0 saturated heterocycles. The number of nitrogens with one attached hydrogen (secondary N) is 2. The number of ether oxygens (including phenoxy) is 1. The first-order valence-electron chi connectivity index (χ1n) is 6.86. The van der Waals surface area contributed by atoms with E-state index < -0.39 is 12.0 Å². The van der Waals surface area contributed by atoms with Gasteiger partial charge < -0.3 is 14.8 Å². The molecule has 0 bridgehead atoms. The van der Waals surface area contributed by atoms with Crippen LogP contribution < -0.4 is 10.1 Å². The second kappa shape index (κ2) is 4.83. The average molecular weight is 274 g/mol. The van der Waals surface area contributed by atoms with Crippen LogP contribution in [-0.2, 0) is 11.2 Å². The Kier molecular flexibility index (Phi) is 3.14. The Morgan fingerprint density at radius 2 is 2.30 bits per heavy atom. The fourth-order valence-corrected chi connectivity index (χ4v) is 2.90. The molecule has 2 heterocycles. The molecule has 5 nitrogen and oxygen atoms in total. The second-order valence-electron chi connectivity index (χ2n) is 5.14. The molecular formula is C15H18N2O3. The molecule has 1 aromatic carbocycles. The molecule has 5 heteroatoms. The van der Waals surface area contributed by atoms with Crippen LogP contribution >= 0.6 is 0 Å². The third-order valence-electron chi connectivity index (χ3n) is 3.81. The van der Waals surface area contributed by atoms with Crippen molar-refractivity contribution in [2.24, 2.45) is 0 Å². The molecule has 0 saturated carbocycles. The lowest BCUT2D eigenvalue weighted by Gasteiger charge is -2.26. The van der Waals surface area contributed by atoms with Gasteiger partial charge in [0, 0.05) is 29.1 Å². The van der Waals surface area contributed by atoms with Gasteiger partial charge in [0.05, 0.1) is 6.61 Å². The summed E-state index contributed by atoms with van der Waals surface area (Å²) in [4.78, 5) is 14.6. The lowest BCUT2D eigenvalue weighted by molar-refractivity contribution is -0.139. The van der Waals surface area contributed by atoms with E-state index in [1.54, 1.807) is 0 Å². The van der Waals surface area contributed by atoms with Crippen LogP contribution in [0.5, 0.6) is 5.75 Å². The molecule has 2 aromatic rings. The van der Waals surface area contributed by atoms with E-state index in [1.165, 1.54) is 0 Å². The van der Waals surface area contributed by atoms with Crippen molar-refractivity contribution in [2.75, 3.05) is 6.61 Å². The standard InChI is InChI=1S/C15H18N2O3/c1-3-20-9-4-5-12-10(6-9)11-7-13(15(18)19)16-8(2)14(11)17-12/h4-6,8,13,16-17H,3,7H2,1-2H3,(H,18,19). The van der Waals surface area contributed by atoms with Crippen LogP contribution in [-0.4, -0.2) is 28.7 Å². The van der Waals surface area contributed by atoms with E-state index >= 15 is 0 Å². The van der Waals surface area contributed by atoms with Gasteiger partial charge in [0.2, 0.25) is 0 Å². The SMILES string of the molecule is CCOc1ccc2[nH]c3c(c2c1)CC(C(=O)O)NC3C. The number of rotatable bonds is 3. The van der Waals surface area contributed by atoms with Gasteiger partial charge in [0.25, 0.3) is 0 Å². The van der Waals surface area contributed by atoms with E-state index in [0.29, 0.717) is 13.0 Å². The van der Waals surface area contributed by atoms with Crippen LogP contribution in [0.25, 0.3) is 10.9 Å². The smallest absolute Gasteiger partial charge is 0.321 e. The van der Waals surface area contributed by atoms with Gasteiger partial charge in [-0.25, -0.2) is 0 Å². The summed E-state index contributed by atoms with van der Waals surface area (Å²) in [6.45, 7) is 4.55. The summed E-state index contributed by atoms with van der Waals surface area (Å²) in [5, 5.41) is 13.4. The lowest BCUT2D eigenvalue weighted by atomic mass is 9.94. The number of carboxylic acids is 1. The van der Waals surface area contributed by atoms with Crippen LogP contribution in [0.4, 0.5) is 0 Å². The number of aliphatic carboxylic acids is 1. The summed E-state index contributed by atoms with van der Waals surface area (Å²) in [6.07, 6.45) is 0.491. The highest BCUT2D eigenvalue weighted by Gasteiger charge is 2.30. The molecule has 0 amide bonds. The highest BCUT2D eigenvalue weighted by atomic mass is 16.5. The van der Waals surface area contributed by atoms with Crippen LogP contribution in [0, 0.1) is 0 Å². The first-order valence-corrected chi connectivity index (χ1v) is 6.86.